The Labute approximate surface area is 165 Å². The normalized spacial score (nSPS) is 17.1. The van der Waals surface area contributed by atoms with Crippen molar-refractivity contribution in [2.45, 2.75) is 32.9 Å². The number of nitrogens with zero attached hydrogens (tertiary/aromatic N) is 1. The summed E-state index contributed by atoms with van der Waals surface area (Å²) in [5.41, 5.74) is 3.08. The summed E-state index contributed by atoms with van der Waals surface area (Å²) in [6.45, 7) is 5.91. The Morgan fingerprint density at radius 1 is 1.11 bits per heavy atom. The van der Waals surface area contributed by atoms with Gasteiger partial charge in [0, 0.05) is 29.4 Å². The third-order valence-electron chi connectivity index (χ3n) is 4.63. The largest absolute Gasteiger partial charge is 0.491 e. The van der Waals surface area contributed by atoms with Gasteiger partial charge in [0.15, 0.2) is 10.9 Å². The lowest BCUT2D eigenvalue weighted by Crippen LogP contribution is -2.46. The highest BCUT2D eigenvalue weighted by atomic mass is 32.1. The smallest absolute Gasteiger partial charge is 0.193 e. The number of benzene rings is 2. The molecule has 1 aliphatic rings. The first-order chi connectivity index (χ1) is 12.9. The van der Waals surface area contributed by atoms with Crippen molar-refractivity contribution in [2.75, 3.05) is 7.05 Å². The molecule has 27 heavy (non-hydrogen) atoms. The quantitative estimate of drug-likeness (QED) is 0.611. The van der Waals surface area contributed by atoms with E-state index in [1.54, 1.807) is 0 Å². The molecule has 0 saturated carbocycles. The molecule has 4 nitrogen and oxygen atoms in total. The Bertz CT molecular complexity index is 890. The molecule has 2 aromatic carbocycles. The van der Waals surface area contributed by atoms with Gasteiger partial charge in [-0.3, -0.25) is 4.79 Å². The number of ketones is 1. The van der Waals surface area contributed by atoms with E-state index < -0.39 is 0 Å². The number of hydrogen-bond acceptors (Lipinski definition) is 3. The number of carbonyl (C=O) groups is 1. The minimum absolute atomic E-state index is 0.0145. The molecule has 5 heteroatoms. The van der Waals surface area contributed by atoms with Crippen molar-refractivity contribution in [1.29, 1.82) is 0 Å². The van der Waals surface area contributed by atoms with Gasteiger partial charge in [0.2, 0.25) is 0 Å². The lowest BCUT2D eigenvalue weighted by Gasteiger charge is -2.36. The Morgan fingerprint density at radius 3 is 2.41 bits per heavy atom. The minimum atomic E-state index is -0.364. The zero-order valence-electron chi connectivity index (χ0n) is 16.0. The van der Waals surface area contributed by atoms with Gasteiger partial charge < -0.3 is 15.0 Å². The number of ether oxygens (including phenoxy) is 1. The molecular weight excluding hydrogens is 356 g/mol. The molecule has 2 aromatic rings. The summed E-state index contributed by atoms with van der Waals surface area (Å²) in [4.78, 5) is 15.2. The van der Waals surface area contributed by atoms with E-state index in [0.29, 0.717) is 16.2 Å². The van der Waals surface area contributed by atoms with Crippen molar-refractivity contribution in [3.8, 4) is 5.75 Å². The summed E-state index contributed by atoms with van der Waals surface area (Å²) in [7, 11) is 1.87. The highest BCUT2D eigenvalue weighted by molar-refractivity contribution is 7.80. The molecule has 1 atom stereocenters. The van der Waals surface area contributed by atoms with Crippen LogP contribution in [0.1, 0.15) is 42.7 Å². The molecular formula is C22H24N2O2S. The van der Waals surface area contributed by atoms with E-state index in [9.17, 15) is 4.79 Å². The van der Waals surface area contributed by atoms with Crippen LogP contribution < -0.4 is 10.1 Å². The number of para-hydroxylation sites is 1. The van der Waals surface area contributed by atoms with Crippen LogP contribution in [0.15, 0.2) is 65.9 Å². The SMILES string of the molecule is CC1=C(C(=O)c2ccccc2)C(c2ccccc2OC(C)C)NC(=S)N1C. The average Bonchev–Trinajstić information content (AvgIpc) is 2.66. The van der Waals surface area contributed by atoms with Gasteiger partial charge in [-0.1, -0.05) is 48.5 Å². The lowest BCUT2D eigenvalue weighted by molar-refractivity contribution is 0.102. The topological polar surface area (TPSA) is 41.6 Å². The minimum Gasteiger partial charge on any atom is -0.491 e. The molecule has 1 aliphatic heterocycles. The van der Waals surface area contributed by atoms with E-state index in [0.717, 1.165) is 17.0 Å². The van der Waals surface area contributed by atoms with Crippen LogP contribution in [0.4, 0.5) is 0 Å². The number of rotatable bonds is 5. The van der Waals surface area contributed by atoms with Gasteiger partial charge in [-0.15, -0.1) is 0 Å². The fourth-order valence-electron chi connectivity index (χ4n) is 3.19. The van der Waals surface area contributed by atoms with Crippen molar-refractivity contribution in [1.82, 2.24) is 10.2 Å². The molecule has 0 saturated heterocycles. The van der Waals surface area contributed by atoms with Gasteiger partial charge in [0.05, 0.1) is 12.1 Å². The number of hydrogen-bond donors (Lipinski definition) is 1. The molecule has 0 spiro atoms. The molecule has 0 amide bonds. The zero-order valence-corrected chi connectivity index (χ0v) is 16.8. The van der Waals surface area contributed by atoms with Crippen LogP contribution in [0.25, 0.3) is 0 Å². The fourth-order valence-corrected chi connectivity index (χ4v) is 3.44. The zero-order chi connectivity index (χ0) is 19.6. The van der Waals surface area contributed by atoms with Gasteiger partial charge in [0.1, 0.15) is 5.75 Å². The lowest BCUT2D eigenvalue weighted by atomic mass is 9.89. The van der Waals surface area contributed by atoms with E-state index in [1.165, 1.54) is 0 Å². The third-order valence-corrected chi connectivity index (χ3v) is 5.02. The summed E-state index contributed by atoms with van der Waals surface area (Å²) in [6.07, 6.45) is 0.0303. The molecule has 3 rings (SSSR count). The number of nitrogens with one attached hydrogen (secondary N) is 1. The van der Waals surface area contributed by atoms with Crippen LogP contribution in [0.3, 0.4) is 0 Å². The fraction of sp³-hybridized carbons (Fsp3) is 0.273. The van der Waals surface area contributed by atoms with Crippen molar-refractivity contribution in [3.05, 3.63) is 77.0 Å². The first-order valence-electron chi connectivity index (χ1n) is 9.00. The standard InChI is InChI=1S/C22H24N2O2S/c1-14(2)26-18-13-9-8-12-17(18)20-19(15(3)24(4)22(27)23-20)21(25)16-10-6-5-7-11-16/h5-14,20H,1-4H3,(H,23,27). The molecule has 0 aliphatic carbocycles. The molecule has 140 valence electrons. The molecule has 1 unspecified atom stereocenters. The highest BCUT2D eigenvalue weighted by Crippen LogP contribution is 2.36. The number of carbonyl (C=O) groups excluding carboxylic acids is 1. The summed E-state index contributed by atoms with van der Waals surface area (Å²) in [5, 5.41) is 3.91. The van der Waals surface area contributed by atoms with Crippen LogP contribution in [0.2, 0.25) is 0 Å². The Balaban J connectivity index is 2.13. The van der Waals surface area contributed by atoms with E-state index in [1.807, 2.05) is 87.3 Å². The number of Topliss-reactive ketones (excluding diaryl/α,β-unsaturated/α-hetero) is 1. The number of allylic oxidation sites excluding steroid dienone is 1. The summed E-state index contributed by atoms with van der Waals surface area (Å²) in [6, 6.07) is 16.8. The molecule has 1 heterocycles. The predicted molar refractivity (Wildman–Crippen MR) is 112 cm³/mol. The van der Waals surface area contributed by atoms with Crippen LogP contribution in [-0.2, 0) is 0 Å². The Morgan fingerprint density at radius 2 is 1.74 bits per heavy atom. The first kappa shape index (κ1) is 19.1. The van der Waals surface area contributed by atoms with Crippen LogP contribution in [0.5, 0.6) is 5.75 Å². The molecule has 1 N–H and O–H groups in total. The Kier molecular flexibility index (Phi) is 5.61. The average molecular weight is 381 g/mol. The Hall–Kier alpha value is -2.66. The van der Waals surface area contributed by atoms with Gasteiger partial charge in [-0.25, -0.2) is 0 Å². The third kappa shape index (κ3) is 3.88. The first-order valence-corrected chi connectivity index (χ1v) is 9.41. The van der Waals surface area contributed by atoms with Gasteiger partial charge in [0.25, 0.3) is 0 Å². The van der Waals surface area contributed by atoms with E-state index in [4.69, 9.17) is 17.0 Å². The molecule has 0 aromatic heterocycles. The summed E-state index contributed by atoms with van der Waals surface area (Å²) >= 11 is 5.50. The summed E-state index contributed by atoms with van der Waals surface area (Å²) < 4.78 is 6.00. The van der Waals surface area contributed by atoms with E-state index >= 15 is 0 Å². The van der Waals surface area contributed by atoms with Gasteiger partial charge >= 0.3 is 0 Å². The van der Waals surface area contributed by atoms with Crippen LogP contribution >= 0.6 is 12.2 Å². The van der Waals surface area contributed by atoms with Crippen molar-refractivity contribution < 1.29 is 9.53 Å². The maximum atomic E-state index is 13.4. The maximum Gasteiger partial charge on any atom is 0.193 e. The van der Waals surface area contributed by atoms with E-state index in [2.05, 4.69) is 5.32 Å². The second-order valence-corrected chi connectivity index (χ2v) is 7.23. The molecule has 0 bridgehead atoms. The van der Waals surface area contributed by atoms with Gasteiger partial charge in [-0.05, 0) is 39.1 Å². The highest BCUT2D eigenvalue weighted by Gasteiger charge is 2.34. The monoisotopic (exact) mass is 380 g/mol. The predicted octanol–water partition coefficient (Wildman–Crippen LogP) is 4.49. The number of thiocarbonyl (C=S) groups is 1. The van der Waals surface area contributed by atoms with Crippen LogP contribution in [-0.4, -0.2) is 28.9 Å². The van der Waals surface area contributed by atoms with Crippen molar-refractivity contribution in [3.63, 3.8) is 0 Å². The maximum absolute atomic E-state index is 13.4. The van der Waals surface area contributed by atoms with Crippen molar-refractivity contribution in [2.24, 2.45) is 0 Å². The van der Waals surface area contributed by atoms with Crippen molar-refractivity contribution >= 4 is 23.1 Å². The van der Waals surface area contributed by atoms with Crippen LogP contribution in [0, 0.1) is 0 Å². The second kappa shape index (κ2) is 7.92. The molecule has 0 radical (unpaired) electrons. The van der Waals surface area contributed by atoms with E-state index in [-0.39, 0.29) is 17.9 Å². The second-order valence-electron chi connectivity index (χ2n) is 6.84. The molecule has 0 fully saturated rings. The van der Waals surface area contributed by atoms with Gasteiger partial charge in [-0.2, -0.15) is 0 Å². The summed E-state index contributed by atoms with van der Waals surface area (Å²) in [5.74, 6) is 0.739.